The van der Waals surface area contributed by atoms with Crippen molar-refractivity contribution >= 4 is 34.0 Å². The molecule has 1 aromatic heterocycles. The van der Waals surface area contributed by atoms with E-state index in [2.05, 4.69) is 10.2 Å². The van der Waals surface area contributed by atoms with Crippen molar-refractivity contribution in [2.24, 2.45) is 0 Å². The number of amides is 1. The number of carbonyl (C=O) groups is 1. The van der Waals surface area contributed by atoms with Crippen LogP contribution in [-0.4, -0.2) is 29.4 Å². The Hall–Kier alpha value is -2.93. The van der Waals surface area contributed by atoms with Crippen molar-refractivity contribution in [1.29, 1.82) is 5.26 Å². The number of hydrogen-bond acceptors (Lipinski definition) is 6. The number of methoxy groups -OCH3 is 1. The number of nitrogens with one attached hydrogen (secondary N) is 1. The molecular weight excluding hydrogens is 345 g/mol. The average Bonchev–Trinajstić information content (AvgIpc) is 3.00. The van der Waals surface area contributed by atoms with Gasteiger partial charge in [0.1, 0.15) is 11.8 Å². The Bertz CT molecular complexity index is 807. The highest BCUT2D eigenvalue weighted by molar-refractivity contribution is 7.16. The van der Waals surface area contributed by atoms with Gasteiger partial charge >= 0.3 is 12.1 Å². The van der Waals surface area contributed by atoms with Gasteiger partial charge in [-0.1, -0.05) is 23.5 Å². The van der Waals surface area contributed by atoms with E-state index in [1.165, 1.54) is 13.2 Å². The Morgan fingerprint density at radius 3 is 2.54 bits per heavy atom. The fourth-order valence-corrected chi connectivity index (χ4v) is 2.26. The third-order valence-corrected chi connectivity index (χ3v) is 3.55. The number of rotatable bonds is 4. The van der Waals surface area contributed by atoms with Crippen LogP contribution in [0.3, 0.4) is 0 Å². The van der Waals surface area contributed by atoms with Gasteiger partial charge in [0.25, 0.3) is 0 Å². The van der Waals surface area contributed by atoms with E-state index in [0.717, 1.165) is 0 Å². The van der Waals surface area contributed by atoms with Crippen molar-refractivity contribution in [2.75, 3.05) is 12.4 Å². The molecule has 0 saturated heterocycles. The summed E-state index contributed by atoms with van der Waals surface area (Å²) in [5.74, 6) is -1.51. The molecule has 0 aliphatic heterocycles. The van der Waals surface area contributed by atoms with Crippen LogP contribution in [0.25, 0.3) is 11.6 Å². The van der Waals surface area contributed by atoms with Gasteiger partial charge in [-0.3, -0.25) is 10.1 Å². The van der Waals surface area contributed by atoms with Crippen molar-refractivity contribution in [2.45, 2.75) is 6.18 Å². The zero-order valence-corrected chi connectivity index (χ0v) is 12.9. The Morgan fingerprint density at radius 2 is 2.00 bits per heavy atom. The fourth-order valence-electron chi connectivity index (χ4n) is 1.56. The molecule has 2 aromatic rings. The summed E-state index contributed by atoms with van der Waals surface area (Å²) in [6, 6.07) is 8.67. The first-order valence-corrected chi connectivity index (χ1v) is 7.13. The van der Waals surface area contributed by atoms with Gasteiger partial charge in [-0.25, -0.2) is 0 Å². The van der Waals surface area contributed by atoms with Crippen LogP contribution in [0.15, 0.2) is 24.3 Å². The summed E-state index contributed by atoms with van der Waals surface area (Å²) in [7, 11) is 1.52. The Balaban J connectivity index is 2.21. The molecule has 24 heavy (non-hydrogen) atoms. The third-order valence-electron chi connectivity index (χ3n) is 2.68. The third kappa shape index (κ3) is 4.30. The molecule has 0 unspecified atom stereocenters. The second-order valence-corrected chi connectivity index (χ2v) is 5.28. The first kappa shape index (κ1) is 17.4. The molecule has 0 aliphatic carbocycles. The molecule has 10 heteroatoms. The van der Waals surface area contributed by atoms with E-state index in [-0.39, 0.29) is 15.7 Å². The monoisotopic (exact) mass is 354 g/mol. The maximum atomic E-state index is 12.2. The van der Waals surface area contributed by atoms with E-state index in [1.54, 1.807) is 29.6 Å². The summed E-state index contributed by atoms with van der Waals surface area (Å²) in [5, 5.41) is 17.6. The van der Waals surface area contributed by atoms with E-state index in [0.29, 0.717) is 22.6 Å². The van der Waals surface area contributed by atoms with Crippen LogP contribution in [0, 0.1) is 11.3 Å². The van der Waals surface area contributed by atoms with Crippen LogP contribution >= 0.6 is 11.3 Å². The molecule has 0 bridgehead atoms. The van der Waals surface area contributed by atoms with Gasteiger partial charge in [0.2, 0.25) is 5.13 Å². The number of nitrogens with zero attached hydrogens (tertiary/aromatic N) is 3. The molecule has 6 nitrogen and oxygen atoms in total. The molecule has 1 amide bonds. The summed E-state index contributed by atoms with van der Waals surface area (Å²) < 4.78 is 41.6. The quantitative estimate of drug-likeness (QED) is 0.853. The second-order valence-electron chi connectivity index (χ2n) is 4.31. The molecule has 124 valence electrons. The van der Waals surface area contributed by atoms with Crippen molar-refractivity contribution < 1.29 is 22.7 Å². The van der Waals surface area contributed by atoms with E-state index in [9.17, 15) is 23.2 Å². The highest BCUT2D eigenvalue weighted by atomic mass is 32.1. The normalized spacial score (nSPS) is 11.7. The number of benzene rings is 1. The molecule has 0 saturated carbocycles. The summed E-state index contributed by atoms with van der Waals surface area (Å²) in [5.41, 5.74) is 0.772. The zero-order valence-electron chi connectivity index (χ0n) is 12.1. The summed E-state index contributed by atoms with van der Waals surface area (Å²) in [6.45, 7) is 0. The van der Waals surface area contributed by atoms with E-state index in [1.807, 2.05) is 6.07 Å². The van der Waals surface area contributed by atoms with E-state index in [4.69, 9.17) is 4.74 Å². The minimum Gasteiger partial charge on any atom is -0.497 e. The molecule has 2 rings (SSSR count). The molecule has 0 atom stereocenters. The summed E-state index contributed by atoms with van der Waals surface area (Å²) >= 11 is 0.667. The lowest BCUT2D eigenvalue weighted by Crippen LogP contribution is -2.29. The number of allylic oxidation sites excluding steroid dienone is 1. The molecule has 1 N–H and O–H groups in total. The Kier molecular flexibility index (Phi) is 5.15. The van der Waals surface area contributed by atoms with Crippen molar-refractivity contribution in [1.82, 2.24) is 10.2 Å². The van der Waals surface area contributed by atoms with Crippen molar-refractivity contribution in [3.63, 3.8) is 0 Å². The fraction of sp³-hybridized carbons (Fsp3) is 0.143. The van der Waals surface area contributed by atoms with Gasteiger partial charge < -0.3 is 4.74 Å². The number of carbonyl (C=O) groups excluding carboxylic acids is 1. The Labute approximate surface area is 138 Å². The van der Waals surface area contributed by atoms with Gasteiger partial charge in [-0.15, -0.1) is 10.2 Å². The minimum atomic E-state index is -5.02. The lowest BCUT2D eigenvalue weighted by atomic mass is 10.1. The molecule has 1 heterocycles. The number of halogens is 3. The number of hydrogen-bond donors (Lipinski definition) is 1. The second kappa shape index (κ2) is 7.10. The SMILES string of the molecule is COc1ccc(/C=C(\C#N)c2nnc(NC(=O)C(F)(F)F)s2)cc1. The highest BCUT2D eigenvalue weighted by Crippen LogP contribution is 2.26. The zero-order chi connectivity index (χ0) is 17.7. The summed E-state index contributed by atoms with van der Waals surface area (Å²) in [4.78, 5) is 10.8. The first-order chi connectivity index (χ1) is 11.3. The maximum Gasteiger partial charge on any atom is 0.471 e. The molecule has 0 spiro atoms. The number of anilines is 1. The standard InChI is InChI=1S/C14H9F3N4O2S/c1-23-10-4-2-8(3-5-10)6-9(7-18)11-20-21-13(24-11)19-12(22)14(15,16)17/h2-6H,1H3,(H,19,21,22)/b9-6+. The van der Waals surface area contributed by atoms with Gasteiger partial charge in [0, 0.05) is 0 Å². The lowest BCUT2D eigenvalue weighted by molar-refractivity contribution is -0.167. The number of aromatic nitrogens is 2. The van der Waals surface area contributed by atoms with Crippen molar-refractivity contribution in [3.8, 4) is 11.8 Å². The van der Waals surface area contributed by atoms with Gasteiger partial charge in [-0.2, -0.15) is 18.4 Å². The summed E-state index contributed by atoms with van der Waals surface area (Å²) in [6.07, 6.45) is -3.53. The van der Waals surface area contributed by atoms with Crippen LogP contribution in [-0.2, 0) is 4.79 Å². The predicted molar refractivity (Wildman–Crippen MR) is 81.1 cm³/mol. The van der Waals surface area contributed by atoms with Crippen LogP contribution in [0.1, 0.15) is 10.6 Å². The highest BCUT2D eigenvalue weighted by Gasteiger charge is 2.39. The molecular formula is C14H9F3N4O2S. The number of ether oxygens (including phenoxy) is 1. The van der Waals surface area contributed by atoms with Gasteiger partial charge in [0.15, 0.2) is 5.01 Å². The van der Waals surface area contributed by atoms with E-state index >= 15 is 0 Å². The van der Waals surface area contributed by atoms with Crippen molar-refractivity contribution in [3.05, 3.63) is 34.8 Å². The first-order valence-electron chi connectivity index (χ1n) is 6.31. The number of alkyl halides is 3. The number of nitriles is 1. The van der Waals surface area contributed by atoms with Gasteiger partial charge in [0.05, 0.1) is 12.7 Å². The molecule has 1 aromatic carbocycles. The smallest absolute Gasteiger partial charge is 0.471 e. The minimum absolute atomic E-state index is 0.0887. The van der Waals surface area contributed by atoms with Crippen LogP contribution in [0.5, 0.6) is 5.75 Å². The molecule has 0 fully saturated rings. The molecule has 0 aliphatic rings. The van der Waals surface area contributed by atoms with E-state index < -0.39 is 12.1 Å². The van der Waals surface area contributed by atoms with Crippen LogP contribution in [0.2, 0.25) is 0 Å². The Morgan fingerprint density at radius 1 is 1.33 bits per heavy atom. The van der Waals surface area contributed by atoms with Crippen LogP contribution in [0.4, 0.5) is 18.3 Å². The molecule has 0 radical (unpaired) electrons. The van der Waals surface area contributed by atoms with Gasteiger partial charge in [-0.05, 0) is 23.8 Å². The average molecular weight is 354 g/mol. The van der Waals surface area contributed by atoms with Crippen LogP contribution < -0.4 is 10.1 Å². The predicted octanol–water partition coefficient (Wildman–Crippen LogP) is 3.11. The lowest BCUT2D eigenvalue weighted by Gasteiger charge is -2.03. The maximum absolute atomic E-state index is 12.2. The topological polar surface area (TPSA) is 87.9 Å². The largest absolute Gasteiger partial charge is 0.497 e.